The van der Waals surface area contributed by atoms with E-state index < -0.39 is 0 Å². The number of benzene rings is 1. The van der Waals surface area contributed by atoms with E-state index in [-0.39, 0.29) is 0 Å². The van der Waals surface area contributed by atoms with Crippen molar-refractivity contribution in [2.75, 3.05) is 32.0 Å². The van der Waals surface area contributed by atoms with Gasteiger partial charge < -0.3 is 10.5 Å². The predicted octanol–water partition coefficient (Wildman–Crippen LogP) is 2.64. The molecular weight excluding hydrogens is 334 g/mol. The van der Waals surface area contributed by atoms with Gasteiger partial charge in [-0.2, -0.15) is 5.26 Å². The minimum Gasteiger partial charge on any atom is -0.383 e. The number of ether oxygens (including phenoxy) is 1. The van der Waals surface area contributed by atoms with E-state index in [0.29, 0.717) is 17.2 Å². The van der Waals surface area contributed by atoms with Crippen LogP contribution in [0.25, 0.3) is 21.6 Å². The van der Waals surface area contributed by atoms with Crippen LogP contribution in [-0.4, -0.2) is 41.2 Å². The van der Waals surface area contributed by atoms with Crippen LogP contribution in [0.1, 0.15) is 10.4 Å². The maximum atomic E-state index is 9.07. The number of hydrogen-bond acceptors (Lipinski definition) is 7. The second kappa shape index (κ2) is 6.76. The summed E-state index contributed by atoms with van der Waals surface area (Å²) in [5, 5.41) is 9.96. The molecule has 1 aliphatic heterocycles. The van der Waals surface area contributed by atoms with E-state index in [1.54, 1.807) is 23.5 Å². The van der Waals surface area contributed by atoms with Crippen molar-refractivity contribution in [1.29, 1.82) is 5.26 Å². The van der Waals surface area contributed by atoms with Crippen LogP contribution < -0.4 is 5.73 Å². The van der Waals surface area contributed by atoms with Gasteiger partial charge in [0.15, 0.2) is 5.82 Å². The van der Waals surface area contributed by atoms with Crippen LogP contribution in [0.3, 0.4) is 0 Å². The molecule has 3 heterocycles. The SMILES string of the molecule is N#Cc1cccc(-c2nc(N)c3cc(CN4CCOCC4)sc3n2)c1. The predicted molar refractivity (Wildman–Crippen MR) is 98.1 cm³/mol. The minimum atomic E-state index is 0.479. The molecule has 0 atom stereocenters. The van der Waals surface area contributed by atoms with Crippen molar-refractivity contribution in [3.8, 4) is 17.5 Å². The Kier molecular flexibility index (Phi) is 4.32. The van der Waals surface area contributed by atoms with E-state index in [1.807, 2.05) is 12.1 Å². The van der Waals surface area contributed by atoms with Crippen LogP contribution in [0.15, 0.2) is 30.3 Å². The van der Waals surface area contributed by atoms with E-state index in [4.69, 9.17) is 15.7 Å². The van der Waals surface area contributed by atoms with E-state index in [9.17, 15) is 0 Å². The van der Waals surface area contributed by atoms with Crippen molar-refractivity contribution < 1.29 is 4.74 Å². The van der Waals surface area contributed by atoms with Crippen molar-refractivity contribution in [2.24, 2.45) is 0 Å². The fourth-order valence-corrected chi connectivity index (χ4v) is 3.99. The summed E-state index contributed by atoms with van der Waals surface area (Å²) in [6, 6.07) is 11.5. The molecule has 2 aromatic heterocycles. The molecule has 3 aromatic rings. The Hall–Kier alpha value is -2.53. The van der Waals surface area contributed by atoms with Crippen LogP contribution in [0.4, 0.5) is 5.82 Å². The first-order chi connectivity index (χ1) is 12.2. The molecule has 4 rings (SSSR count). The lowest BCUT2D eigenvalue weighted by molar-refractivity contribution is 0.0346. The number of aromatic nitrogens is 2. The number of nitriles is 1. The molecule has 0 aliphatic carbocycles. The molecule has 1 fully saturated rings. The quantitative estimate of drug-likeness (QED) is 0.780. The van der Waals surface area contributed by atoms with Crippen LogP contribution in [0, 0.1) is 11.3 Å². The number of anilines is 1. The number of rotatable bonds is 3. The highest BCUT2D eigenvalue weighted by Gasteiger charge is 2.15. The Morgan fingerprint density at radius 2 is 2.08 bits per heavy atom. The van der Waals surface area contributed by atoms with Crippen molar-refractivity contribution in [3.63, 3.8) is 0 Å². The number of fused-ring (bicyclic) bond motifs is 1. The van der Waals surface area contributed by atoms with E-state index in [0.717, 1.165) is 48.6 Å². The Morgan fingerprint density at radius 3 is 2.88 bits per heavy atom. The molecule has 126 valence electrons. The Bertz CT molecular complexity index is 956. The number of nitrogens with zero attached hydrogens (tertiary/aromatic N) is 4. The molecule has 0 bridgehead atoms. The number of nitrogens with two attached hydrogens (primary N) is 1. The highest BCUT2D eigenvalue weighted by Crippen LogP contribution is 2.31. The van der Waals surface area contributed by atoms with Crippen LogP contribution >= 0.6 is 11.3 Å². The summed E-state index contributed by atoms with van der Waals surface area (Å²) < 4.78 is 5.40. The third-order valence-corrected chi connectivity index (χ3v) is 5.22. The van der Waals surface area contributed by atoms with Gasteiger partial charge >= 0.3 is 0 Å². The highest BCUT2D eigenvalue weighted by atomic mass is 32.1. The number of thiophene rings is 1. The van der Waals surface area contributed by atoms with Gasteiger partial charge in [-0.3, -0.25) is 4.90 Å². The molecule has 0 saturated carbocycles. The van der Waals surface area contributed by atoms with Gasteiger partial charge in [0.1, 0.15) is 10.6 Å². The summed E-state index contributed by atoms with van der Waals surface area (Å²) in [7, 11) is 0. The molecule has 1 saturated heterocycles. The molecule has 0 unspecified atom stereocenters. The van der Waals surface area contributed by atoms with Gasteiger partial charge in [0.05, 0.1) is 30.2 Å². The Labute approximate surface area is 149 Å². The summed E-state index contributed by atoms with van der Waals surface area (Å²) in [5.74, 6) is 1.04. The summed E-state index contributed by atoms with van der Waals surface area (Å²) in [6.45, 7) is 4.34. The molecule has 1 aliphatic rings. The third-order valence-electron chi connectivity index (χ3n) is 4.21. The second-order valence-corrected chi connectivity index (χ2v) is 7.06. The summed E-state index contributed by atoms with van der Waals surface area (Å²) in [4.78, 5) is 13.6. The zero-order chi connectivity index (χ0) is 17.2. The number of morpholine rings is 1. The van der Waals surface area contributed by atoms with Crippen molar-refractivity contribution in [1.82, 2.24) is 14.9 Å². The van der Waals surface area contributed by atoms with Crippen LogP contribution in [-0.2, 0) is 11.3 Å². The minimum absolute atomic E-state index is 0.479. The summed E-state index contributed by atoms with van der Waals surface area (Å²) >= 11 is 1.65. The standard InChI is InChI=1S/C18H17N5OS/c19-10-12-2-1-3-13(8-12)17-21-16(20)15-9-14(25-18(15)22-17)11-23-4-6-24-7-5-23/h1-3,8-9H,4-7,11H2,(H2,20,21,22). The van der Waals surface area contributed by atoms with Crippen molar-refractivity contribution in [3.05, 3.63) is 40.8 Å². The molecular formula is C18H17N5OS. The first kappa shape index (κ1) is 16.0. The van der Waals surface area contributed by atoms with E-state index >= 15 is 0 Å². The average Bonchev–Trinajstić information content (AvgIpc) is 3.05. The molecule has 25 heavy (non-hydrogen) atoms. The van der Waals surface area contributed by atoms with Gasteiger partial charge in [-0.25, -0.2) is 9.97 Å². The monoisotopic (exact) mass is 351 g/mol. The smallest absolute Gasteiger partial charge is 0.163 e. The van der Waals surface area contributed by atoms with Gasteiger partial charge in [-0.15, -0.1) is 11.3 Å². The lowest BCUT2D eigenvalue weighted by Gasteiger charge is -2.25. The zero-order valence-electron chi connectivity index (χ0n) is 13.6. The average molecular weight is 351 g/mol. The fourth-order valence-electron chi connectivity index (χ4n) is 2.91. The largest absolute Gasteiger partial charge is 0.383 e. The maximum Gasteiger partial charge on any atom is 0.163 e. The van der Waals surface area contributed by atoms with Crippen molar-refractivity contribution in [2.45, 2.75) is 6.54 Å². The Morgan fingerprint density at radius 1 is 1.24 bits per heavy atom. The van der Waals surface area contributed by atoms with Gasteiger partial charge in [0.25, 0.3) is 0 Å². The normalized spacial score (nSPS) is 15.3. The zero-order valence-corrected chi connectivity index (χ0v) is 14.4. The number of nitrogen functional groups attached to an aromatic ring is 1. The van der Waals surface area contributed by atoms with Gasteiger partial charge in [0, 0.05) is 30.1 Å². The van der Waals surface area contributed by atoms with Crippen LogP contribution in [0.2, 0.25) is 0 Å². The Balaban J connectivity index is 1.68. The molecule has 0 amide bonds. The molecule has 0 spiro atoms. The van der Waals surface area contributed by atoms with Gasteiger partial charge in [0.2, 0.25) is 0 Å². The van der Waals surface area contributed by atoms with Gasteiger partial charge in [-0.05, 0) is 18.2 Å². The summed E-state index contributed by atoms with van der Waals surface area (Å²) in [6.07, 6.45) is 0. The lowest BCUT2D eigenvalue weighted by Crippen LogP contribution is -2.35. The maximum absolute atomic E-state index is 9.07. The first-order valence-electron chi connectivity index (χ1n) is 8.09. The molecule has 6 nitrogen and oxygen atoms in total. The lowest BCUT2D eigenvalue weighted by atomic mass is 10.1. The first-order valence-corrected chi connectivity index (χ1v) is 8.91. The number of hydrogen-bond donors (Lipinski definition) is 1. The molecule has 0 radical (unpaired) electrons. The van der Waals surface area contributed by atoms with E-state index in [2.05, 4.69) is 27.0 Å². The fraction of sp³-hybridized carbons (Fsp3) is 0.278. The third kappa shape index (κ3) is 3.33. The molecule has 1 aromatic carbocycles. The van der Waals surface area contributed by atoms with Crippen LogP contribution in [0.5, 0.6) is 0 Å². The molecule has 7 heteroatoms. The second-order valence-electron chi connectivity index (χ2n) is 5.95. The van der Waals surface area contributed by atoms with E-state index in [1.165, 1.54) is 4.88 Å². The summed E-state index contributed by atoms with van der Waals surface area (Å²) in [5.41, 5.74) is 7.55. The van der Waals surface area contributed by atoms with Gasteiger partial charge in [-0.1, -0.05) is 12.1 Å². The van der Waals surface area contributed by atoms with Crippen molar-refractivity contribution >= 4 is 27.4 Å². The topological polar surface area (TPSA) is 88.1 Å². The molecule has 2 N–H and O–H groups in total. The highest BCUT2D eigenvalue weighted by molar-refractivity contribution is 7.18.